The third-order valence-electron chi connectivity index (χ3n) is 4.16. The van der Waals surface area contributed by atoms with E-state index in [0.29, 0.717) is 18.4 Å². The molecule has 0 fully saturated rings. The van der Waals surface area contributed by atoms with Crippen LogP contribution in [0, 0.1) is 5.41 Å². The summed E-state index contributed by atoms with van der Waals surface area (Å²) in [5, 5.41) is 28.0. The zero-order valence-electron chi connectivity index (χ0n) is 11.3. The van der Waals surface area contributed by atoms with E-state index in [0.717, 1.165) is 12.0 Å². The average molecular weight is 292 g/mol. The minimum atomic E-state index is -2.33. The first kappa shape index (κ1) is 15.0. The van der Waals surface area contributed by atoms with E-state index in [4.69, 9.17) is 5.11 Å². The zero-order chi connectivity index (χ0) is 15.6. The molecular formula is C15H16O6. The molecule has 0 spiro atoms. The standard InChI is InChI=1S/C15H16O6/c16-12(17)8-15(13(18)19,14(20)21)11-7-3-5-9-4-1-2-6-10(9)11/h1-2,4,6,11H,3,5,7-8H2,(H,16,17)(H,18,19)(H,20,21). The van der Waals surface area contributed by atoms with E-state index < -0.39 is 35.7 Å². The number of carboxylic acids is 3. The number of rotatable bonds is 5. The second-order valence-corrected chi connectivity index (χ2v) is 5.30. The van der Waals surface area contributed by atoms with Crippen molar-refractivity contribution in [3.05, 3.63) is 35.4 Å². The summed E-state index contributed by atoms with van der Waals surface area (Å²) in [6, 6.07) is 7.05. The van der Waals surface area contributed by atoms with Gasteiger partial charge in [-0.1, -0.05) is 24.3 Å². The molecule has 0 saturated carbocycles. The highest BCUT2D eigenvalue weighted by Gasteiger charge is 2.55. The van der Waals surface area contributed by atoms with Crippen molar-refractivity contribution < 1.29 is 29.7 Å². The molecule has 1 atom stereocenters. The summed E-state index contributed by atoms with van der Waals surface area (Å²) < 4.78 is 0. The summed E-state index contributed by atoms with van der Waals surface area (Å²) in [4.78, 5) is 34.4. The van der Waals surface area contributed by atoms with Gasteiger partial charge in [-0.05, 0) is 30.4 Å². The van der Waals surface area contributed by atoms with Crippen LogP contribution >= 0.6 is 0 Å². The number of aliphatic carboxylic acids is 3. The van der Waals surface area contributed by atoms with Gasteiger partial charge in [-0.2, -0.15) is 0 Å². The largest absolute Gasteiger partial charge is 0.481 e. The fourth-order valence-corrected chi connectivity index (χ4v) is 3.17. The maximum absolute atomic E-state index is 11.7. The maximum Gasteiger partial charge on any atom is 0.322 e. The van der Waals surface area contributed by atoms with Crippen molar-refractivity contribution in [3.8, 4) is 0 Å². The highest BCUT2D eigenvalue weighted by Crippen LogP contribution is 2.46. The van der Waals surface area contributed by atoms with Crippen molar-refractivity contribution in [2.45, 2.75) is 31.6 Å². The lowest BCUT2D eigenvalue weighted by atomic mass is 9.64. The molecule has 1 aliphatic carbocycles. The van der Waals surface area contributed by atoms with Gasteiger partial charge in [0.25, 0.3) is 0 Å². The molecule has 0 bridgehead atoms. The molecule has 21 heavy (non-hydrogen) atoms. The Balaban J connectivity index is 2.60. The summed E-state index contributed by atoms with van der Waals surface area (Å²) in [6.07, 6.45) is 0.804. The highest BCUT2D eigenvalue weighted by atomic mass is 16.4. The Bertz CT molecular complexity index is 578. The quantitative estimate of drug-likeness (QED) is 0.713. The Hall–Kier alpha value is -2.37. The summed E-state index contributed by atoms with van der Waals surface area (Å²) in [5.41, 5.74) is -0.802. The first-order valence-electron chi connectivity index (χ1n) is 6.66. The van der Waals surface area contributed by atoms with Crippen LogP contribution in [-0.2, 0) is 20.8 Å². The normalized spacial score (nSPS) is 17.8. The molecule has 6 nitrogen and oxygen atoms in total. The van der Waals surface area contributed by atoms with Crippen LogP contribution in [0.4, 0.5) is 0 Å². The molecule has 6 heteroatoms. The molecule has 1 aromatic rings. The Morgan fingerprint density at radius 3 is 2.29 bits per heavy atom. The average Bonchev–Trinajstić information content (AvgIpc) is 2.43. The van der Waals surface area contributed by atoms with Crippen LogP contribution in [-0.4, -0.2) is 33.2 Å². The highest BCUT2D eigenvalue weighted by molar-refractivity contribution is 6.02. The van der Waals surface area contributed by atoms with E-state index in [-0.39, 0.29) is 0 Å². The molecular weight excluding hydrogens is 276 g/mol. The van der Waals surface area contributed by atoms with Gasteiger partial charge in [0.05, 0.1) is 6.42 Å². The molecule has 112 valence electrons. The van der Waals surface area contributed by atoms with Crippen molar-refractivity contribution in [1.29, 1.82) is 0 Å². The summed E-state index contributed by atoms with van der Waals surface area (Å²) in [5.74, 6) is -5.46. The summed E-state index contributed by atoms with van der Waals surface area (Å²) in [7, 11) is 0. The number of benzene rings is 1. The molecule has 0 aromatic heterocycles. The predicted octanol–water partition coefficient (Wildman–Crippen LogP) is 1.74. The van der Waals surface area contributed by atoms with Crippen molar-refractivity contribution >= 4 is 17.9 Å². The number of fused-ring (bicyclic) bond motifs is 1. The van der Waals surface area contributed by atoms with Gasteiger partial charge in [-0.15, -0.1) is 0 Å². The fraction of sp³-hybridized carbons (Fsp3) is 0.400. The van der Waals surface area contributed by atoms with Crippen LogP contribution in [0.1, 0.15) is 36.3 Å². The third-order valence-corrected chi connectivity index (χ3v) is 4.16. The van der Waals surface area contributed by atoms with E-state index >= 15 is 0 Å². The van der Waals surface area contributed by atoms with E-state index in [2.05, 4.69) is 0 Å². The van der Waals surface area contributed by atoms with Gasteiger partial charge in [0.15, 0.2) is 5.41 Å². The van der Waals surface area contributed by atoms with Gasteiger partial charge in [0.2, 0.25) is 0 Å². The second kappa shape index (κ2) is 5.55. The minimum absolute atomic E-state index is 0.350. The van der Waals surface area contributed by atoms with Crippen molar-refractivity contribution in [3.63, 3.8) is 0 Å². The molecule has 3 N–H and O–H groups in total. The van der Waals surface area contributed by atoms with Crippen LogP contribution in [0.25, 0.3) is 0 Å². The monoisotopic (exact) mass is 292 g/mol. The van der Waals surface area contributed by atoms with E-state index in [1.807, 2.05) is 12.1 Å². The second-order valence-electron chi connectivity index (χ2n) is 5.30. The van der Waals surface area contributed by atoms with Crippen LogP contribution in [0.2, 0.25) is 0 Å². The molecule has 1 unspecified atom stereocenters. The molecule has 0 saturated heterocycles. The van der Waals surface area contributed by atoms with Gasteiger partial charge < -0.3 is 15.3 Å². The molecule has 0 radical (unpaired) electrons. The van der Waals surface area contributed by atoms with Crippen LogP contribution in [0.15, 0.2) is 24.3 Å². The van der Waals surface area contributed by atoms with Crippen LogP contribution < -0.4 is 0 Å². The van der Waals surface area contributed by atoms with Crippen LogP contribution in [0.5, 0.6) is 0 Å². The Kier molecular flexibility index (Phi) is 3.97. The third kappa shape index (κ3) is 2.49. The fourth-order valence-electron chi connectivity index (χ4n) is 3.17. The van der Waals surface area contributed by atoms with Crippen molar-refractivity contribution in [1.82, 2.24) is 0 Å². The minimum Gasteiger partial charge on any atom is -0.481 e. The van der Waals surface area contributed by atoms with E-state index in [9.17, 15) is 24.6 Å². The Morgan fingerprint density at radius 2 is 1.71 bits per heavy atom. The Labute approximate surface area is 121 Å². The van der Waals surface area contributed by atoms with Gasteiger partial charge in [0, 0.05) is 5.92 Å². The Morgan fingerprint density at radius 1 is 1.10 bits per heavy atom. The van der Waals surface area contributed by atoms with Crippen molar-refractivity contribution in [2.24, 2.45) is 5.41 Å². The molecule has 0 amide bonds. The number of carboxylic acid groups (broad SMARTS) is 3. The SMILES string of the molecule is O=C(O)CC(C(=O)O)(C(=O)O)C1CCCc2ccccc21. The predicted molar refractivity (Wildman–Crippen MR) is 72.1 cm³/mol. The molecule has 0 aliphatic heterocycles. The lowest BCUT2D eigenvalue weighted by Gasteiger charge is -2.36. The number of hydrogen-bond donors (Lipinski definition) is 3. The smallest absolute Gasteiger partial charge is 0.322 e. The van der Waals surface area contributed by atoms with Gasteiger partial charge in [0.1, 0.15) is 0 Å². The first-order chi connectivity index (χ1) is 9.89. The first-order valence-corrected chi connectivity index (χ1v) is 6.66. The lowest BCUT2D eigenvalue weighted by Crippen LogP contribution is -2.47. The molecule has 1 aromatic carbocycles. The topological polar surface area (TPSA) is 112 Å². The van der Waals surface area contributed by atoms with Gasteiger partial charge in [-0.3, -0.25) is 14.4 Å². The van der Waals surface area contributed by atoms with Crippen LogP contribution in [0.3, 0.4) is 0 Å². The molecule has 0 heterocycles. The van der Waals surface area contributed by atoms with Gasteiger partial charge >= 0.3 is 17.9 Å². The van der Waals surface area contributed by atoms with E-state index in [1.54, 1.807) is 12.1 Å². The maximum atomic E-state index is 11.7. The number of carbonyl (C=O) groups is 3. The zero-order valence-corrected chi connectivity index (χ0v) is 11.3. The van der Waals surface area contributed by atoms with E-state index in [1.165, 1.54) is 0 Å². The molecule has 2 rings (SSSR count). The summed E-state index contributed by atoms with van der Waals surface area (Å²) in [6.45, 7) is 0. The lowest BCUT2D eigenvalue weighted by molar-refractivity contribution is -0.172. The van der Waals surface area contributed by atoms with Crippen molar-refractivity contribution in [2.75, 3.05) is 0 Å². The summed E-state index contributed by atoms with van der Waals surface area (Å²) >= 11 is 0. The number of hydrogen-bond acceptors (Lipinski definition) is 3. The number of aryl methyl sites for hydroxylation is 1. The molecule has 1 aliphatic rings. The van der Waals surface area contributed by atoms with Gasteiger partial charge in [-0.25, -0.2) is 0 Å².